The molecule has 0 bridgehead atoms. The van der Waals surface area contributed by atoms with E-state index < -0.39 is 10.0 Å². The van der Waals surface area contributed by atoms with Crippen LogP contribution >= 0.6 is 15.9 Å². The van der Waals surface area contributed by atoms with E-state index in [4.69, 9.17) is 5.73 Å². The lowest BCUT2D eigenvalue weighted by atomic mass is 10.2. The molecular weight excluding hydrogens is 340 g/mol. The molecule has 3 N–H and O–H groups in total. The van der Waals surface area contributed by atoms with E-state index >= 15 is 0 Å². The van der Waals surface area contributed by atoms with Crippen molar-refractivity contribution < 1.29 is 8.42 Å². The van der Waals surface area contributed by atoms with E-state index in [1.165, 1.54) is 0 Å². The Labute approximate surface area is 127 Å². The molecular formula is C14H15BrN2O2S. The van der Waals surface area contributed by atoms with Gasteiger partial charge in [0, 0.05) is 4.47 Å². The lowest BCUT2D eigenvalue weighted by molar-refractivity contribution is 0.601. The van der Waals surface area contributed by atoms with Crippen molar-refractivity contribution in [1.82, 2.24) is 0 Å². The second kappa shape index (κ2) is 5.46. The summed E-state index contributed by atoms with van der Waals surface area (Å²) >= 11 is 3.32. The highest BCUT2D eigenvalue weighted by Gasteiger charge is 2.17. The molecule has 0 heterocycles. The molecule has 106 valence electrons. The summed E-state index contributed by atoms with van der Waals surface area (Å²) in [5.41, 5.74) is 8.31. The van der Waals surface area contributed by atoms with Gasteiger partial charge < -0.3 is 5.73 Å². The highest BCUT2D eigenvalue weighted by atomic mass is 79.9. The largest absolute Gasteiger partial charge is 0.397 e. The van der Waals surface area contributed by atoms with Crippen LogP contribution in [0.1, 0.15) is 11.1 Å². The van der Waals surface area contributed by atoms with Crippen LogP contribution in [0.5, 0.6) is 0 Å². The van der Waals surface area contributed by atoms with Crippen LogP contribution in [0.25, 0.3) is 0 Å². The third kappa shape index (κ3) is 3.13. The maximum atomic E-state index is 12.4. The number of nitrogen functional groups attached to an aromatic ring is 1. The molecule has 0 aliphatic carbocycles. The molecule has 0 aliphatic heterocycles. The van der Waals surface area contributed by atoms with Gasteiger partial charge in [-0.1, -0.05) is 28.1 Å². The Morgan fingerprint density at radius 1 is 1.15 bits per heavy atom. The number of anilines is 2. The van der Waals surface area contributed by atoms with Crippen molar-refractivity contribution >= 4 is 37.3 Å². The standard InChI is InChI=1S/C14H15BrN2O2S/c1-9-4-3-5-12(6-9)20(18,19)17-14-10(2)7-11(15)8-13(14)16/h3-8,17H,16H2,1-2H3. The number of sulfonamides is 1. The molecule has 2 aromatic carbocycles. The van der Waals surface area contributed by atoms with Crippen molar-refractivity contribution in [2.75, 3.05) is 10.5 Å². The average Bonchev–Trinajstić information content (AvgIpc) is 2.34. The first kappa shape index (κ1) is 14.9. The van der Waals surface area contributed by atoms with Gasteiger partial charge in [-0.3, -0.25) is 4.72 Å². The second-order valence-electron chi connectivity index (χ2n) is 4.61. The first-order valence-corrected chi connectivity index (χ1v) is 8.22. The Bertz CT molecular complexity index is 735. The Balaban J connectivity index is 2.44. The first-order valence-electron chi connectivity index (χ1n) is 5.95. The quantitative estimate of drug-likeness (QED) is 0.829. The summed E-state index contributed by atoms with van der Waals surface area (Å²) < 4.78 is 28.1. The van der Waals surface area contributed by atoms with Gasteiger partial charge in [0.25, 0.3) is 10.0 Å². The zero-order valence-corrected chi connectivity index (χ0v) is 13.5. The maximum absolute atomic E-state index is 12.4. The zero-order valence-electron chi connectivity index (χ0n) is 11.1. The van der Waals surface area contributed by atoms with Crippen LogP contribution in [-0.4, -0.2) is 8.42 Å². The second-order valence-corrected chi connectivity index (χ2v) is 7.21. The van der Waals surface area contributed by atoms with Crippen molar-refractivity contribution in [3.63, 3.8) is 0 Å². The molecule has 0 unspecified atom stereocenters. The summed E-state index contributed by atoms with van der Waals surface area (Å²) in [6.07, 6.45) is 0. The van der Waals surface area contributed by atoms with Gasteiger partial charge in [-0.2, -0.15) is 0 Å². The summed E-state index contributed by atoms with van der Waals surface area (Å²) in [4.78, 5) is 0.221. The van der Waals surface area contributed by atoms with Gasteiger partial charge in [0.15, 0.2) is 0 Å². The summed E-state index contributed by atoms with van der Waals surface area (Å²) in [6.45, 7) is 3.65. The number of aryl methyl sites for hydroxylation is 2. The van der Waals surface area contributed by atoms with Crippen molar-refractivity contribution in [3.05, 3.63) is 52.0 Å². The molecule has 0 atom stereocenters. The van der Waals surface area contributed by atoms with Crippen molar-refractivity contribution in [1.29, 1.82) is 0 Å². The number of nitrogens with two attached hydrogens (primary N) is 1. The molecule has 0 saturated carbocycles. The molecule has 4 nitrogen and oxygen atoms in total. The van der Waals surface area contributed by atoms with E-state index in [9.17, 15) is 8.42 Å². The number of hydrogen-bond donors (Lipinski definition) is 2. The fourth-order valence-electron chi connectivity index (χ4n) is 1.88. The maximum Gasteiger partial charge on any atom is 0.261 e. The number of benzene rings is 2. The van der Waals surface area contributed by atoms with E-state index in [1.54, 1.807) is 31.2 Å². The molecule has 0 fully saturated rings. The number of halogens is 1. The molecule has 2 aromatic rings. The van der Waals surface area contributed by atoms with Gasteiger partial charge in [0.05, 0.1) is 16.3 Å². The Morgan fingerprint density at radius 3 is 2.45 bits per heavy atom. The van der Waals surface area contributed by atoms with Gasteiger partial charge in [0.2, 0.25) is 0 Å². The van der Waals surface area contributed by atoms with Gasteiger partial charge in [-0.15, -0.1) is 0 Å². The minimum atomic E-state index is -3.64. The summed E-state index contributed by atoms with van der Waals surface area (Å²) in [5.74, 6) is 0. The molecule has 0 saturated heterocycles. The Kier molecular flexibility index (Phi) is 4.06. The topological polar surface area (TPSA) is 72.2 Å². The van der Waals surface area contributed by atoms with Crippen LogP contribution in [0.4, 0.5) is 11.4 Å². The van der Waals surface area contributed by atoms with Gasteiger partial charge in [-0.25, -0.2) is 8.42 Å². The Hall–Kier alpha value is -1.53. The third-order valence-electron chi connectivity index (χ3n) is 2.87. The fraction of sp³-hybridized carbons (Fsp3) is 0.143. The summed E-state index contributed by atoms with van der Waals surface area (Å²) in [5, 5.41) is 0. The summed E-state index contributed by atoms with van der Waals surface area (Å²) in [6, 6.07) is 10.2. The van der Waals surface area contributed by atoms with E-state index in [1.807, 2.05) is 19.1 Å². The van der Waals surface area contributed by atoms with Crippen LogP contribution in [-0.2, 0) is 10.0 Å². The zero-order chi connectivity index (χ0) is 14.9. The van der Waals surface area contributed by atoms with Crippen LogP contribution in [0.2, 0.25) is 0 Å². The molecule has 0 radical (unpaired) electrons. The highest BCUT2D eigenvalue weighted by Crippen LogP contribution is 2.29. The molecule has 0 aromatic heterocycles. The minimum Gasteiger partial charge on any atom is -0.397 e. The van der Waals surface area contributed by atoms with Crippen molar-refractivity contribution in [2.45, 2.75) is 18.7 Å². The SMILES string of the molecule is Cc1cccc(S(=O)(=O)Nc2c(C)cc(Br)cc2N)c1. The van der Waals surface area contributed by atoms with E-state index in [-0.39, 0.29) is 4.90 Å². The number of hydrogen-bond acceptors (Lipinski definition) is 3. The fourth-order valence-corrected chi connectivity index (χ4v) is 3.74. The van der Waals surface area contributed by atoms with Gasteiger partial charge in [0.1, 0.15) is 0 Å². The molecule has 2 rings (SSSR count). The molecule has 20 heavy (non-hydrogen) atoms. The molecule has 6 heteroatoms. The van der Waals surface area contributed by atoms with E-state index in [0.717, 1.165) is 15.6 Å². The minimum absolute atomic E-state index is 0.221. The summed E-state index contributed by atoms with van der Waals surface area (Å²) in [7, 11) is -3.64. The number of rotatable bonds is 3. The van der Waals surface area contributed by atoms with E-state index in [0.29, 0.717) is 11.4 Å². The molecule has 0 aliphatic rings. The monoisotopic (exact) mass is 354 g/mol. The van der Waals surface area contributed by atoms with Crippen LogP contribution < -0.4 is 10.5 Å². The first-order chi connectivity index (χ1) is 9.29. The predicted molar refractivity (Wildman–Crippen MR) is 85.3 cm³/mol. The molecule has 0 amide bonds. The number of nitrogens with one attached hydrogen (secondary N) is 1. The molecule has 0 spiro atoms. The van der Waals surface area contributed by atoms with Crippen LogP contribution in [0.3, 0.4) is 0 Å². The van der Waals surface area contributed by atoms with Gasteiger partial charge >= 0.3 is 0 Å². The van der Waals surface area contributed by atoms with Crippen LogP contribution in [0, 0.1) is 13.8 Å². The van der Waals surface area contributed by atoms with Gasteiger partial charge in [-0.05, 0) is 49.2 Å². The Morgan fingerprint density at radius 2 is 1.85 bits per heavy atom. The van der Waals surface area contributed by atoms with E-state index in [2.05, 4.69) is 20.7 Å². The normalized spacial score (nSPS) is 11.3. The highest BCUT2D eigenvalue weighted by molar-refractivity contribution is 9.10. The lowest BCUT2D eigenvalue weighted by Gasteiger charge is -2.13. The van der Waals surface area contributed by atoms with Crippen LogP contribution in [0.15, 0.2) is 45.8 Å². The van der Waals surface area contributed by atoms with Crippen molar-refractivity contribution in [2.24, 2.45) is 0 Å². The lowest BCUT2D eigenvalue weighted by Crippen LogP contribution is -2.15. The predicted octanol–water partition coefficient (Wildman–Crippen LogP) is 3.45. The smallest absolute Gasteiger partial charge is 0.261 e. The third-order valence-corrected chi connectivity index (χ3v) is 4.67. The van der Waals surface area contributed by atoms with Crippen molar-refractivity contribution in [3.8, 4) is 0 Å². The average molecular weight is 355 g/mol.